The third kappa shape index (κ3) is 3.08. The summed E-state index contributed by atoms with van der Waals surface area (Å²) in [5, 5.41) is 11.1. The Kier molecular flexibility index (Phi) is 4.23. The van der Waals surface area contributed by atoms with Crippen molar-refractivity contribution in [1.29, 1.82) is 0 Å². The predicted octanol–water partition coefficient (Wildman–Crippen LogP) is 1.63. The molecule has 0 saturated heterocycles. The number of halogens is 2. The third-order valence-corrected chi connectivity index (χ3v) is 2.62. The highest BCUT2D eigenvalue weighted by Gasteiger charge is 2.15. The van der Waals surface area contributed by atoms with Crippen molar-refractivity contribution >= 4 is 5.69 Å². The highest BCUT2D eigenvalue weighted by atomic mass is 19.2. The van der Waals surface area contributed by atoms with Crippen LogP contribution in [0.2, 0.25) is 0 Å². The molecule has 1 aromatic carbocycles. The molecule has 0 bridgehead atoms. The fourth-order valence-electron chi connectivity index (χ4n) is 1.68. The van der Waals surface area contributed by atoms with Gasteiger partial charge in [-0.3, -0.25) is 0 Å². The molecule has 0 atom stereocenters. The molecule has 0 aliphatic heterocycles. The lowest BCUT2D eigenvalue weighted by Gasteiger charge is -2.09. The Hall–Kier alpha value is -2.09. The van der Waals surface area contributed by atoms with Crippen molar-refractivity contribution in [1.82, 2.24) is 20.2 Å². The van der Waals surface area contributed by atoms with E-state index in [4.69, 9.17) is 10.5 Å². The highest BCUT2D eigenvalue weighted by Crippen LogP contribution is 2.26. The van der Waals surface area contributed by atoms with Crippen LogP contribution in [-0.4, -0.2) is 32.9 Å². The van der Waals surface area contributed by atoms with E-state index in [1.165, 1.54) is 4.68 Å². The summed E-state index contributed by atoms with van der Waals surface area (Å²) in [6, 6.07) is 1.89. The van der Waals surface area contributed by atoms with E-state index in [2.05, 4.69) is 15.5 Å². The van der Waals surface area contributed by atoms with Crippen LogP contribution in [0.15, 0.2) is 12.1 Å². The van der Waals surface area contributed by atoms with E-state index in [1.807, 2.05) is 13.8 Å². The number of anilines is 1. The lowest BCUT2D eigenvalue weighted by molar-refractivity contribution is 0.0709. The minimum atomic E-state index is -1.01. The molecule has 2 rings (SSSR count). The van der Waals surface area contributed by atoms with Gasteiger partial charge in [-0.25, -0.2) is 13.5 Å². The highest BCUT2D eigenvalue weighted by molar-refractivity contribution is 5.71. The van der Waals surface area contributed by atoms with Crippen LogP contribution in [0.1, 0.15) is 13.8 Å². The number of nitrogens with zero attached hydrogens (tertiary/aromatic N) is 4. The Morgan fingerprint density at radius 1 is 1.30 bits per heavy atom. The zero-order valence-electron chi connectivity index (χ0n) is 11.2. The molecule has 1 heterocycles. The van der Waals surface area contributed by atoms with Gasteiger partial charge in [0.05, 0.1) is 19.3 Å². The molecule has 0 amide bonds. The lowest BCUT2D eigenvalue weighted by atomic mass is 10.1. The maximum absolute atomic E-state index is 13.3. The van der Waals surface area contributed by atoms with E-state index >= 15 is 0 Å². The molecular weight excluding hydrogens is 268 g/mol. The molecule has 2 aromatic rings. The molecule has 2 N–H and O–H groups in total. The molecular formula is C12H15F2N5O. The fourth-order valence-corrected chi connectivity index (χ4v) is 1.68. The van der Waals surface area contributed by atoms with Crippen LogP contribution in [-0.2, 0) is 11.3 Å². The van der Waals surface area contributed by atoms with Crippen molar-refractivity contribution in [2.75, 3.05) is 12.3 Å². The first-order valence-electron chi connectivity index (χ1n) is 6.11. The van der Waals surface area contributed by atoms with Crippen LogP contribution in [0.3, 0.4) is 0 Å². The van der Waals surface area contributed by atoms with Crippen LogP contribution >= 0.6 is 0 Å². The quantitative estimate of drug-likeness (QED) is 0.844. The Bertz CT molecular complexity index is 600. The number of aromatic nitrogens is 4. The number of hydrogen-bond donors (Lipinski definition) is 1. The molecule has 1 aromatic heterocycles. The topological polar surface area (TPSA) is 78.8 Å². The van der Waals surface area contributed by atoms with Gasteiger partial charge in [-0.1, -0.05) is 0 Å². The van der Waals surface area contributed by atoms with Gasteiger partial charge in [-0.2, -0.15) is 0 Å². The molecule has 8 heteroatoms. The summed E-state index contributed by atoms with van der Waals surface area (Å²) in [4.78, 5) is 0. The molecule has 0 unspecified atom stereocenters. The van der Waals surface area contributed by atoms with Gasteiger partial charge in [0.1, 0.15) is 0 Å². The van der Waals surface area contributed by atoms with Gasteiger partial charge in [-0.05, 0) is 30.3 Å². The summed E-state index contributed by atoms with van der Waals surface area (Å²) in [5.41, 5.74) is 6.00. The third-order valence-electron chi connectivity index (χ3n) is 2.62. The van der Waals surface area contributed by atoms with Gasteiger partial charge in [0.2, 0.25) is 0 Å². The molecule has 20 heavy (non-hydrogen) atoms. The molecule has 0 spiro atoms. The lowest BCUT2D eigenvalue weighted by Crippen LogP contribution is -2.13. The van der Waals surface area contributed by atoms with Gasteiger partial charge in [0, 0.05) is 17.3 Å². The van der Waals surface area contributed by atoms with Crippen molar-refractivity contribution in [3.8, 4) is 11.4 Å². The Morgan fingerprint density at radius 2 is 2.00 bits per heavy atom. The SMILES string of the molecule is CC(C)OCCn1nnnc1-c1cc(F)c(F)cc1N. The largest absolute Gasteiger partial charge is 0.398 e. The molecule has 0 saturated carbocycles. The normalized spacial score (nSPS) is 11.2. The van der Waals surface area contributed by atoms with Crippen LogP contribution < -0.4 is 5.73 Å². The summed E-state index contributed by atoms with van der Waals surface area (Å²) in [7, 11) is 0. The monoisotopic (exact) mass is 283 g/mol. The van der Waals surface area contributed by atoms with Gasteiger partial charge < -0.3 is 10.5 Å². The van der Waals surface area contributed by atoms with Crippen molar-refractivity contribution < 1.29 is 13.5 Å². The second kappa shape index (κ2) is 5.91. The van der Waals surface area contributed by atoms with Crippen LogP contribution in [0.5, 0.6) is 0 Å². The zero-order valence-corrected chi connectivity index (χ0v) is 11.2. The van der Waals surface area contributed by atoms with E-state index in [0.717, 1.165) is 12.1 Å². The van der Waals surface area contributed by atoms with E-state index < -0.39 is 11.6 Å². The number of hydrogen-bond acceptors (Lipinski definition) is 5. The standard InChI is InChI=1S/C12H15F2N5O/c1-7(2)20-4-3-19-12(16-17-18-19)8-5-9(13)10(14)6-11(8)15/h5-7H,3-4,15H2,1-2H3. The van der Waals surface area contributed by atoms with E-state index in [1.54, 1.807) is 0 Å². The molecule has 0 aliphatic rings. The van der Waals surface area contributed by atoms with Crippen LogP contribution in [0.25, 0.3) is 11.4 Å². The average Bonchev–Trinajstić information content (AvgIpc) is 2.81. The minimum Gasteiger partial charge on any atom is -0.398 e. The predicted molar refractivity (Wildman–Crippen MR) is 68.7 cm³/mol. The minimum absolute atomic E-state index is 0.0738. The molecule has 0 radical (unpaired) electrons. The van der Waals surface area contributed by atoms with Gasteiger partial charge in [-0.15, -0.1) is 5.10 Å². The molecule has 6 nitrogen and oxygen atoms in total. The summed E-state index contributed by atoms with van der Waals surface area (Å²) >= 11 is 0. The average molecular weight is 283 g/mol. The number of tetrazole rings is 1. The summed E-state index contributed by atoms with van der Waals surface area (Å²) < 4.78 is 33.2. The molecule has 108 valence electrons. The smallest absolute Gasteiger partial charge is 0.184 e. The number of rotatable bonds is 5. The first-order valence-corrected chi connectivity index (χ1v) is 6.11. The maximum Gasteiger partial charge on any atom is 0.184 e. The Morgan fingerprint density at radius 3 is 2.70 bits per heavy atom. The fraction of sp³-hybridized carbons (Fsp3) is 0.417. The van der Waals surface area contributed by atoms with Gasteiger partial charge in [0.15, 0.2) is 17.5 Å². The molecule has 0 fully saturated rings. The summed E-state index contributed by atoms with van der Waals surface area (Å²) in [6.07, 6.45) is 0.0864. The van der Waals surface area contributed by atoms with E-state index in [9.17, 15) is 8.78 Å². The van der Waals surface area contributed by atoms with Crippen molar-refractivity contribution in [3.63, 3.8) is 0 Å². The molecule has 0 aliphatic carbocycles. The van der Waals surface area contributed by atoms with Crippen molar-refractivity contribution in [3.05, 3.63) is 23.8 Å². The zero-order chi connectivity index (χ0) is 14.7. The van der Waals surface area contributed by atoms with Gasteiger partial charge in [0.25, 0.3) is 0 Å². The van der Waals surface area contributed by atoms with Crippen LogP contribution in [0, 0.1) is 11.6 Å². The Labute approximate surface area is 114 Å². The van der Waals surface area contributed by atoms with Crippen molar-refractivity contribution in [2.24, 2.45) is 0 Å². The number of nitrogens with two attached hydrogens (primary N) is 1. The number of ether oxygens (including phenoxy) is 1. The number of nitrogen functional groups attached to an aromatic ring is 1. The maximum atomic E-state index is 13.3. The van der Waals surface area contributed by atoms with E-state index in [-0.39, 0.29) is 23.2 Å². The summed E-state index contributed by atoms with van der Waals surface area (Å²) in [6.45, 7) is 4.61. The first-order chi connectivity index (χ1) is 9.49. The second-order valence-corrected chi connectivity index (χ2v) is 4.50. The van der Waals surface area contributed by atoms with Crippen LogP contribution in [0.4, 0.5) is 14.5 Å². The Balaban J connectivity index is 2.25. The van der Waals surface area contributed by atoms with E-state index in [0.29, 0.717) is 13.2 Å². The van der Waals surface area contributed by atoms with Crippen molar-refractivity contribution in [2.45, 2.75) is 26.5 Å². The number of benzene rings is 1. The second-order valence-electron chi connectivity index (χ2n) is 4.50. The van der Waals surface area contributed by atoms with Gasteiger partial charge >= 0.3 is 0 Å². The summed E-state index contributed by atoms with van der Waals surface area (Å²) in [5.74, 6) is -1.73. The first kappa shape index (κ1) is 14.3.